The Morgan fingerprint density at radius 3 is 2.31 bits per heavy atom. The lowest BCUT2D eigenvalue weighted by Crippen LogP contribution is -2.39. The number of hydrogen-bond acceptors (Lipinski definition) is 8. The molecule has 0 spiro atoms. The fraction of sp³-hybridized carbons (Fsp3) is 0.172. The van der Waals surface area contributed by atoms with E-state index >= 15 is 0 Å². The number of halogens is 2. The Morgan fingerprint density at radius 1 is 1.00 bits per heavy atom. The minimum Gasteiger partial charge on any atom is -0.468 e. The second-order valence-corrected chi connectivity index (χ2v) is 10.7. The van der Waals surface area contributed by atoms with Crippen molar-refractivity contribution in [1.82, 2.24) is 19.0 Å². The monoisotopic (exact) mass is 592 g/mol. The van der Waals surface area contributed by atoms with E-state index in [1.807, 2.05) is 19.0 Å². The number of rotatable bonds is 9. The van der Waals surface area contributed by atoms with Crippen LogP contribution in [0.3, 0.4) is 0 Å². The highest BCUT2D eigenvalue weighted by atomic mass is 32.1. The lowest BCUT2D eigenvalue weighted by molar-refractivity contribution is -0.120. The van der Waals surface area contributed by atoms with Crippen molar-refractivity contribution in [3.8, 4) is 22.1 Å². The molecule has 10 nitrogen and oxygen atoms in total. The Labute approximate surface area is 242 Å². The Balaban J connectivity index is 1.85. The van der Waals surface area contributed by atoms with Gasteiger partial charge in [0, 0.05) is 28.7 Å². The number of nitrogens with zero attached hydrogens (tertiary/aromatic N) is 4. The SMILES string of the molecule is CN(C)Cc1c(-c2ccc(N)cc2)sc2c1c(=O)n(-c1cccc(OCC(N)=O)n1)c(=O)n2Cc1c(F)cccc1F. The molecular weight excluding hydrogens is 566 g/mol. The van der Waals surface area contributed by atoms with Gasteiger partial charge in [-0.3, -0.25) is 14.2 Å². The smallest absolute Gasteiger partial charge is 0.338 e. The average Bonchev–Trinajstić information content (AvgIpc) is 3.30. The van der Waals surface area contributed by atoms with Gasteiger partial charge in [-0.1, -0.05) is 24.3 Å². The van der Waals surface area contributed by atoms with Crippen LogP contribution in [-0.2, 0) is 17.9 Å². The second kappa shape index (κ2) is 11.5. The van der Waals surface area contributed by atoms with Crippen molar-refractivity contribution >= 4 is 33.1 Å². The van der Waals surface area contributed by atoms with E-state index in [1.54, 1.807) is 24.3 Å². The molecular formula is C29H26F2N6O4S. The van der Waals surface area contributed by atoms with E-state index in [-0.39, 0.29) is 27.5 Å². The first-order valence-electron chi connectivity index (χ1n) is 12.7. The summed E-state index contributed by atoms with van der Waals surface area (Å²) >= 11 is 1.17. The zero-order valence-electron chi connectivity index (χ0n) is 22.6. The number of ether oxygens (including phenoxy) is 1. The van der Waals surface area contributed by atoms with Crippen LogP contribution >= 0.6 is 11.3 Å². The van der Waals surface area contributed by atoms with Gasteiger partial charge in [0.15, 0.2) is 6.61 Å². The van der Waals surface area contributed by atoms with E-state index in [0.717, 1.165) is 22.3 Å². The van der Waals surface area contributed by atoms with E-state index in [9.17, 15) is 23.2 Å². The van der Waals surface area contributed by atoms with E-state index in [2.05, 4.69) is 4.98 Å². The first-order chi connectivity index (χ1) is 20.0. The summed E-state index contributed by atoms with van der Waals surface area (Å²) in [5.41, 5.74) is 11.1. The van der Waals surface area contributed by atoms with Crippen molar-refractivity contribution in [2.75, 3.05) is 26.4 Å². The van der Waals surface area contributed by atoms with Gasteiger partial charge in [0.25, 0.3) is 11.5 Å². The van der Waals surface area contributed by atoms with Crippen molar-refractivity contribution in [2.24, 2.45) is 5.73 Å². The number of anilines is 1. The number of pyridine rings is 1. The van der Waals surface area contributed by atoms with Gasteiger partial charge in [-0.15, -0.1) is 11.3 Å². The fourth-order valence-corrected chi connectivity index (χ4v) is 5.84. The number of aromatic nitrogens is 3. The topological polar surface area (TPSA) is 138 Å². The van der Waals surface area contributed by atoms with E-state index in [0.29, 0.717) is 22.7 Å². The number of hydrogen-bond donors (Lipinski definition) is 2. The minimum atomic E-state index is -0.865. The molecule has 0 aliphatic carbocycles. The lowest BCUT2D eigenvalue weighted by atomic mass is 10.1. The van der Waals surface area contributed by atoms with Gasteiger partial charge in [-0.05, 0) is 55.6 Å². The number of carbonyl (C=O) groups excluding carboxylic acids is 1. The first kappa shape index (κ1) is 28.6. The number of nitrogens with two attached hydrogens (primary N) is 2. The van der Waals surface area contributed by atoms with Crippen LogP contribution in [0.5, 0.6) is 5.88 Å². The second-order valence-electron chi connectivity index (χ2n) is 9.75. The molecule has 0 saturated heterocycles. The van der Waals surface area contributed by atoms with Gasteiger partial charge >= 0.3 is 5.69 Å². The summed E-state index contributed by atoms with van der Waals surface area (Å²) in [6, 6.07) is 14.8. The highest BCUT2D eigenvalue weighted by molar-refractivity contribution is 7.22. The van der Waals surface area contributed by atoms with Crippen LogP contribution in [0.2, 0.25) is 0 Å². The summed E-state index contributed by atoms with van der Waals surface area (Å²) in [5, 5.41) is 0.196. The molecule has 2 aromatic carbocycles. The molecule has 0 unspecified atom stereocenters. The van der Waals surface area contributed by atoms with Gasteiger partial charge in [-0.25, -0.2) is 18.1 Å². The maximum Gasteiger partial charge on any atom is 0.338 e. The molecule has 0 bridgehead atoms. The van der Waals surface area contributed by atoms with Crippen LogP contribution in [0.4, 0.5) is 14.5 Å². The van der Waals surface area contributed by atoms with Gasteiger partial charge in [0.2, 0.25) is 5.88 Å². The molecule has 0 atom stereocenters. The summed E-state index contributed by atoms with van der Waals surface area (Å²) in [5.74, 6) is -2.57. The summed E-state index contributed by atoms with van der Waals surface area (Å²) in [4.78, 5) is 46.5. The van der Waals surface area contributed by atoms with Gasteiger partial charge < -0.3 is 21.1 Å². The van der Waals surface area contributed by atoms with E-state index in [4.69, 9.17) is 16.2 Å². The molecule has 13 heteroatoms. The minimum absolute atomic E-state index is 0.0502. The Morgan fingerprint density at radius 2 is 1.67 bits per heavy atom. The molecule has 216 valence electrons. The van der Waals surface area contributed by atoms with Crippen LogP contribution in [0.25, 0.3) is 26.5 Å². The average molecular weight is 593 g/mol. The molecule has 0 aliphatic rings. The number of thiophene rings is 1. The van der Waals surface area contributed by atoms with Gasteiger partial charge in [-0.2, -0.15) is 4.98 Å². The Hall–Kier alpha value is -4.88. The Bertz CT molecular complexity index is 1910. The molecule has 4 N–H and O–H groups in total. The molecule has 0 aliphatic heterocycles. The zero-order chi connectivity index (χ0) is 30.1. The van der Waals surface area contributed by atoms with Crippen molar-refractivity contribution < 1.29 is 18.3 Å². The summed E-state index contributed by atoms with van der Waals surface area (Å²) in [6.07, 6.45) is 0. The molecule has 0 radical (unpaired) electrons. The molecule has 42 heavy (non-hydrogen) atoms. The largest absolute Gasteiger partial charge is 0.468 e. The number of fused-ring (bicyclic) bond motifs is 1. The van der Waals surface area contributed by atoms with Crippen molar-refractivity contribution in [3.63, 3.8) is 0 Å². The van der Waals surface area contributed by atoms with Gasteiger partial charge in [0.05, 0.1) is 11.9 Å². The predicted molar refractivity (Wildman–Crippen MR) is 157 cm³/mol. The van der Waals surface area contributed by atoms with E-state index in [1.165, 1.54) is 40.2 Å². The summed E-state index contributed by atoms with van der Waals surface area (Å²) < 4.78 is 36.9. The summed E-state index contributed by atoms with van der Waals surface area (Å²) in [6.45, 7) is -0.644. The number of nitrogen functional groups attached to an aromatic ring is 1. The van der Waals surface area contributed by atoms with Crippen molar-refractivity contribution in [1.29, 1.82) is 0 Å². The molecule has 3 heterocycles. The Kier molecular flexibility index (Phi) is 7.87. The normalized spacial score (nSPS) is 11.4. The maximum atomic E-state index is 14.8. The number of amides is 1. The fourth-order valence-electron chi connectivity index (χ4n) is 4.54. The van der Waals surface area contributed by atoms with Crippen molar-refractivity contribution in [2.45, 2.75) is 13.1 Å². The number of benzene rings is 2. The molecule has 1 amide bonds. The third kappa shape index (κ3) is 5.51. The first-order valence-corrected chi connectivity index (χ1v) is 13.5. The number of primary amides is 1. The summed E-state index contributed by atoms with van der Waals surface area (Å²) in [7, 11) is 3.67. The number of carbonyl (C=O) groups is 1. The van der Waals surface area contributed by atoms with Gasteiger partial charge in [0.1, 0.15) is 22.3 Å². The molecule has 0 fully saturated rings. The van der Waals surface area contributed by atoms with Crippen LogP contribution in [-0.4, -0.2) is 45.6 Å². The highest BCUT2D eigenvalue weighted by Crippen LogP contribution is 2.38. The third-order valence-corrected chi connectivity index (χ3v) is 7.70. The van der Waals surface area contributed by atoms with Crippen molar-refractivity contribution in [3.05, 3.63) is 104 Å². The lowest BCUT2D eigenvalue weighted by Gasteiger charge is -2.15. The van der Waals surface area contributed by atoms with Crippen LogP contribution in [0.15, 0.2) is 70.3 Å². The zero-order valence-corrected chi connectivity index (χ0v) is 23.5. The third-order valence-electron chi connectivity index (χ3n) is 6.40. The van der Waals surface area contributed by atoms with Crippen LogP contribution in [0.1, 0.15) is 11.1 Å². The molecule has 5 aromatic rings. The molecule has 3 aromatic heterocycles. The highest BCUT2D eigenvalue weighted by Gasteiger charge is 2.25. The molecule has 0 saturated carbocycles. The predicted octanol–water partition coefficient (Wildman–Crippen LogP) is 3.11. The quantitative estimate of drug-likeness (QED) is 0.251. The maximum absolute atomic E-state index is 14.8. The van der Waals surface area contributed by atoms with Crippen LogP contribution < -0.4 is 27.5 Å². The van der Waals surface area contributed by atoms with Crippen LogP contribution in [0, 0.1) is 11.6 Å². The standard InChI is InChI=1S/C29H26F2N6O4S/c1-35(2)13-19-25-27(39)37(23-7-4-8-24(34-23)41-15-22(33)38)29(40)36(14-18-20(30)5-3-6-21(18)31)28(25)42-26(19)16-9-11-17(32)12-10-16/h3-12H,13-15,32H2,1-2H3,(H2,33,38). The molecule has 5 rings (SSSR count). The van der Waals surface area contributed by atoms with E-state index < -0.39 is 41.9 Å².